The maximum atomic E-state index is 11.2. The van der Waals surface area contributed by atoms with Gasteiger partial charge in [0.15, 0.2) is 0 Å². The summed E-state index contributed by atoms with van der Waals surface area (Å²) in [4.78, 5) is 11.2. The van der Waals surface area contributed by atoms with Gasteiger partial charge in [-0.1, -0.05) is 6.92 Å². The van der Waals surface area contributed by atoms with Crippen LogP contribution in [0.15, 0.2) is 11.1 Å². The first-order chi connectivity index (χ1) is 5.79. The number of carbonyl (C=O) groups is 1. The number of hydrogen-bond acceptors (Lipinski definition) is 3. The number of hydrogen-bond donors (Lipinski definition) is 1. The van der Waals surface area contributed by atoms with Crippen LogP contribution < -0.4 is 5.32 Å². The van der Waals surface area contributed by atoms with Gasteiger partial charge in [0, 0.05) is 12.1 Å². The van der Waals surface area contributed by atoms with E-state index in [1.807, 2.05) is 0 Å². The van der Waals surface area contributed by atoms with E-state index in [1.165, 1.54) is 12.7 Å². The Morgan fingerprint density at radius 3 is 3.00 bits per heavy atom. The van der Waals surface area contributed by atoms with Crippen molar-refractivity contribution in [2.75, 3.05) is 20.2 Å². The molecule has 12 heavy (non-hydrogen) atoms. The van der Waals surface area contributed by atoms with Gasteiger partial charge in [-0.2, -0.15) is 0 Å². The van der Waals surface area contributed by atoms with Crippen molar-refractivity contribution in [2.24, 2.45) is 0 Å². The molecule has 0 spiro atoms. The highest BCUT2D eigenvalue weighted by Gasteiger charge is 2.17. The third kappa shape index (κ3) is 1.85. The third-order valence-electron chi connectivity index (χ3n) is 2.18. The maximum absolute atomic E-state index is 11.2. The molecule has 3 heteroatoms. The van der Waals surface area contributed by atoms with Gasteiger partial charge in [-0.15, -0.1) is 0 Å². The molecule has 0 amide bonds. The largest absolute Gasteiger partial charge is 0.466 e. The van der Waals surface area contributed by atoms with Crippen LogP contribution in [0.5, 0.6) is 0 Å². The molecule has 1 rings (SSSR count). The van der Waals surface area contributed by atoms with E-state index in [2.05, 4.69) is 12.2 Å². The van der Waals surface area contributed by atoms with E-state index < -0.39 is 0 Å². The predicted octanol–water partition coefficient (Wildman–Crippen LogP) is 0.859. The molecule has 68 valence electrons. The average Bonchev–Trinajstić information content (AvgIpc) is 2.16. The Balaban J connectivity index is 2.79. The molecule has 1 aliphatic rings. The van der Waals surface area contributed by atoms with Crippen LogP contribution in [0.1, 0.15) is 19.8 Å². The van der Waals surface area contributed by atoms with E-state index >= 15 is 0 Å². The van der Waals surface area contributed by atoms with Gasteiger partial charge in [0.05, 0.1) is 7.11 Å². The van der Waals surface area contributed by atoms with Crippen molar-refractivity contribution < 1.29 is 9.53 Å². The molecule has 0 unspecified atom stereocenters. The minimum Gasteiger partial charge on any atom is -0.466 e. The molecule has 0 aromatic carbocycles. The van der Waals surface area contributed by atoms with Crippen LogP contribution in [0.4, 0.5) is 0 Å². The van der Waals surface area contributed by atoms with Crippen LogP contribution in [0, 0.1) is 0 Å². The number of carbonyl (C=O) groups excluding carboxylic acids is 1. The second-order valence-electron chi connectivity index (χ2n) is 2.85. The van der Waals surface area contributed by atoms with Gasteiger partial charge in [-0.25, -0.2) is 4.79 Å². The summed E-state index contributed by atoms with van der Waals surface area (Å²) in [6.45, 7) is 3.78. The van der Waals surface area contributed by atoms with E-state index in [4.69, 9.17) is 4.74 Å². The Morgan fingerprint density at radius 2 is 2.42 bits per heavy atom. The molecule has 1 heterocycles. The fraction of sp³-hybridized carbons (Fsp3) is 0.667. The van der Waals surface area contributed by atoms with Crippen LogP contribution in [-0.2, 0) is 9.53 Å². The number of esters is 1. The van der Waals surface area contributed by atoms with Crippen molar-refractivity contribution in [3.8, 4) is 0 Å². The van der Waals surface area contributed by atoms with Gasteiger partial charge in [0.1, 0.15) is 0 Å². The van der Waals surface area contributed by atoms with Crippen molar-refractivity contribution in [3.63, 3.8) is 0 Å². The molecule has 0 aliphatic carbocycles. The van der Waals surface area contributed by atoms with Gasteiger partial charge in [-0.05, 0) is 25.0 Å². The molecule has 1 N–H and O–H groups in total. The molecule has 0 saturated carbocycles. The fourth-order valence-corrected chi connectivity index (χ4v) is 1.44. The van der Waals surface area contributed by atoms with Crippen molar-refractivity contribution in [2.45, 2.75) is 19.8 Å². The Hall–Kier alpha value is -0.830. The molecule has 0 aromatic rings. The number of nitrogens with one attached hydrogen (secondary N) is 1. The lowest BCUT2D eigenvalue weighted by molar-refractivity contribution is -0.136. The lowest BCUT2D eigenvalue weighted by Gasteiger charge is -2.18. The molecule has 0 atom stereocenters. The van der Waals surface area contributed by atoms with E-state index in [1.54, 1.807) is 0 Å². The molecular weight excluding hydrogens is 154 g/mol. The summed E-state index contributed by atoms with van der Waals surface area (Å²) in [5.41, 5.74) is 2.06. The van der Waals surface area contributed by atoms with Gasteiger partial charge in [0.2, 0.25) is 0 Å². The van der Waals surface area contributed by atoms with Crippen LogP contribution in [0.2, 0.25) is 0 Å². The van der Waals surface area contributed by atoms with Crippen molar-refractivity contribution in [1.82, 2.24) is 5.32 Å². The van der Waals surface area contributed by atoms with Crippen LogP contribution in [0.25, 0.3) is 0 Å². The monoisotopic (exact) mass is 169 g/mol. The molecule has 0 aromatic heterocycles. The molecule has 0 bridgehead atoms. The van der Waals surface area contributed by atoms with E-state index in [-0.39, 0.29) is 5.97 Å². The topological polar surface area (TPSA) is 38.3 Å². The van der Waals surface area contributed by atoms with E-state index in [0.717, 1.165) is 31.5 Å². The summed E-state index contributed by atoms with van der Waals surface area (Å²) >= 11 is 0. The van der Waals surface area contributed by atoms with Crippen molar-refractivity contribution >= 4 is 5.97 Å². The normalized spacial score (nSPS) is 17.8. The number of methoxy groups -OCH3 is 1. The maximum Gasteiger partial charge on any atom is 0.333 e. The smallest absolute Gasteiger partial charge is 0.333 e. The first-order valence-electron chi connectivity index (χ1n) is 4.29. The summed E-state index contributed by atoms with van der Waals surface area (Å²) in [5.74, 6) is -0.159. The summed E-state index contributed by atoms with van der Waals surface area (Å²) in [7, 11) is 1.44. The first-order valence-corrected chi connectivity index (χ1v) is 4.29. The quantitative estimate of drug-likeness (QED) is 0.623. The summed E-state index contributed by atoms with van der Waals surface area (Å²) < 4.78 is 4.70. The van der Waals surface area contributed by atoms with Crippen LogP contribution >= 0.6 is 0 Å². The highest BCUT2D eigenvalue weighted by molar-refractivity contribution is 5.89. The van der Waals surface area contributed by atoms with Gasteiger partial charge in [-0.3, -0.25) is 0 Å². The lowest BCUT2D eigenvalue weighted by Crippen LogP contribution is -2.28. The molecule has 0 saturated heterocycles. The third-order valence-corrected chi connectivity index (χ3v) is 2.18. The average molecular weight is 169 g/mol. The second kappa shape index (κ2) is 4.26. The van der Waals surface area contributed by atoms with Crippen LogP contribution in [-0.4, -0.2) is 26.2 Å². The summed E-state index contributed by atoms with van der Waals surface area (Å²) in [6, 6.07) is 0. The van der Waals surface area contributed by atoms with E-state index in [0.29, 0.717) is 0 Å². The van der Waals surface area contributed by atoms with Crippen LogP contribution in [0.3, 0.4) is 0 Å². The molecule has 1 aliphatic heterocycles. The van der Waals surface area contributed by atoms with E-state index in [9.17, 15) is 4.79 Å². The van der Waals surface area contributed by atoms with Crippen molar-refractivity contribution in [3.05, 3.63) is 11.1 Å². The predicted molar refractivity (Wildman–Crippen MR) is 46.8 cm³/mol. The first kappa shape index (κ1) is 9.26. The van der Waals surface area contributed by atoms with Gasteiger partial charge < -0.3 is 10.1 Å². The Kier molecular flexibility index (Phi) is 3.29. The summed E-state index contributed by atoms with van der Waals surface area (Å²) in [5, 5.41) is 3.23. The zero-order valence-electron chi connectivity index (χ0n) is 7.64. The minimum absolute atomic E-state index is 0.159. The molecule has 3 nitrogen and oxygen atoms in total. The highest BCUT2D eigenvalue weighted by Crippen LogP contribution is 2.16. The highest BCUT2D eigenvalue weighted by atomic mass is 16.5. The zero-order valence-corrected chi connectivity index (χ0v) is 7.64. The van der Waals surface area contributed by atoms with Gasteiger partial charge >= 0.3 is 5.97 Å². The van der Waals surface area contributed by atoms with Crippen molar-refractivity contribution in [1.29, 1.82) is 0 Å². The number of ether oxygens (including phenoxy) is 1. The van der Waals surface area contributed by atoms with Gasteiger partial charge in [0.25, 0.3) is 0 Å². The SMILES string of the molecule is CCC1=C(C(=O)OC)CCNC1. The molecule has 0 fully saturated rings. The standard InChI is InChI=1S/C9H15NO2/c1-3-7-6-10-5-4-8(7)9(11)12-2/h10H,3-6H2,1-2H3. The fourth-order valence-electron chi connectivity index (χ4n) is 1.44. The molecular formula is C9H15NO2. The zero-order chi connectivity index (χ0) is 8.97. The minimum atomic E-state index is -0.159. The lowest BCUT2D eigenvalue weighted by atomic mass is 10.00. The summed E-state index contributed by atoms with van der Waals surface area (Å²) in [6.07, 6.45) is 1.73. The Bertz CT molecular complexity index is 209. The number of rotatable bonds is 2. The Morgan fingerprint density at radius 1 is 1.67 bits per heavy atom. The molecule has 0 radical (unpaired) electrons. The second-order valence-corrected chi connectivity index (χ2v) is 2.85. The Labute approximate surface area is 72.8 Å².